The van der Waals surface area contributed by atoms with Crippen molar-refractivity contribution < 1.29 is 9.31 Å². The van der Waals surface area contributed by atoms with Crippen molar-refractivity contribution in [1.82, 2.24) is 0 Å². The first-order valence-corrected chi connectivity index (χ1v) is 6.59. The lowest BCUT2D eigenvalue weighted by Gasteiger charge is -2.15. The molecule has 96 valence electrons. The van der Waals surface area contributed by atoms with E-state index >= 15 is 0 Å². The highest BCUT2D eigenvalue weighted by atomic mass is 16.7. The van der Waals surface area contributed by atoms with Crippen LogP contribution in [0.5, 0.6) is 0 Å². The van der Waals surface area contributed by atoms with Crippen molar-refractivity contribution in [2.75, 3.05) is 6.61 Å². The van der Waals surface area contributed by atoms with Crippen LogP contribution < -0.4 is 5.46 Å². The molecule has 0 unspecified atom stereocenters. The zero-order chi connectivity index (χ0) is 13.3. The molecule has 1 aliphatic heterocycles. The second-order valence-corrected chi connectivity index (χ2v) is 5.51. The van der Waals surface area contributed by atoms with Crippen LogP contribution in [0.15, 0.2) is 54.6 Å². The summed E-state index contributed by atoms with van der Waals surface area (Å²) in [5, 5.41) is 0. The van der Waals surface area contributed by atoms with Crippen LogP contribution in [-0.2, 0) is 9.31 Å². The van der Waals surface area contributed by atoms with Crippen LogP contribution in [0.25, 0.3) is 11.1 Å². The summed E-state index contributed by atoms with van der Waals surface area (Å²) in [6.45, 7) is 4.73. The molecule has 19 heavy (non-hydrogen) atoms. The van der Waals surface area contributed by atoms with Crippen molar-refractivity contribution in [2.24, 2.45) is 0 Å². The Morgan fingerprint density at radius 3 is 2.37 bits per heavy atom. The Morgan fingerprint density at radius 1 is 0.947 bits per heavy atom. The smallest absolute Gasteiger partial charge is 0.404 e. The fraction of sp³-hybridized carbons (Fsp3) is 0.250. The lowest BCUT2D eigenvalue weighted by Crippen LogP contribution is -2.34. The van der Waals surface area contributed by atoms with E-state index in [1.165, 1.54) is 11.1 Å². The maximum Gasteiger partial charge on any atom is 0.494 e. The van der Waals surface area contributed by atoms with E-state index in [4.69, 9.17) is 9.31 Å². The van der Waals surface area contributed by atoms with Gasteiger partial charge in [-0.25, -0.2) is 0 Å². The summed E-state index contributed by atoms with van der Waals surface area (Å²) in [7, 11) is -0.251. The van der Waals surface area contributed by atoms with Crippen LogP contribution in [0.4, 0.5) is 0 Å². The van der Waals surface area contributed by atoms with Gasteiger partial charge in [0.1, 0.15) is 0 Å². The van der Waals surface area contributed by atoms with Gasteiger partial charge in [-0.3, -0.25) is 0 Å². The summed E-state index contributed by atoms with van der Waals surface area (Å²) in [4.78, 5) is 0. The minimum atomic E-state index is -0.251. The van der Waals surface area contributed by atoms with E-state index in [2.05, 4.69) is 36.4 Å². The summed E-state index contributed by atoms with van der Waals surface area (Å²) in [5.74, 6) is 0. The predicted molar refractivity (Wildman–Crippen MR) is 78.4 cm³/mol. The molecule has 0 aromatic heterocycles. The van der Waals surface area contributed by atoms with Gasteiger partial charge in [0.15, 0.2) is 0 Å². The standard InChI is InChI=1S/C16H17BO2/c1-16(2)12-18-17(19-16)15-10-6-9-14(11-15)13-7-4-3-5-8-13/h3-11H,12H2,1-2H3. The van der Waals surface area contributed by atoms with Gasteiger partial charge in [0.2, 0.25) is 0 Å². The number of hydrogen-bond acceptors (Lipinski definition) is 2. The molecule has 1 heterocycles. The third-order valence-corrected chi connectivity index (χ3v) is 3.27. The molecule has 1 aliphatic rings. The number of hydrogen-bond donors (Lipinski definition) is 0. The van der Waals surface area contributed by atoms with Gasteiger partial charge in [-0.05, 0) is 30.4 Å². The summed E-state index contributed by atoms with van der Waals surface area (Å²) < 4.78 is 11.6. The minimum Gasteiger partial charge on any atom is -0.404 e. The Hall–Kier alpha value is -1.58. The van der Waals surface area contributed by atoms with Crippen molar-refractivity contribution >= 4 is 12.6 Å². The third kappa shape index (κ3) is 2.72. The van der Waals surface area contributed by atoms with Gasteiger partial charge in [0.05, 0.1) is 12.2 Å². The van der Waals surface area contributed by atoms with Gasteiger partial charge < -0.3 is 9.31 Å². The topological polar surface area (TPSA) is 18.5 Å². The van der Waals surface area contributed by atoms with Crippen LogP contribution in [0, 0.1) is 0 Å². The zero-order valence-corrected chi connectivity index (χ0v) is 11.3. The highest BCUT2D eigenvalue weighted by molar-refractivity contribution is 6.62. The lowest BCUT2D eigenvalue weighted by atomic mass is 9.78. The van der Waals surface area contributed by atoms with E-state index in [1.807, 2.05) is 32.0 Å². The largest absolute Gasteiger partial charge is 0.494 e. The molecule has 0 atom stereocenters. The van der Waals surface area contributed by atoms with Crippen LogP contribution >= 0.6 is 0 Å². The summed E-state index contributed by atoms with van der Waals surface area (Å²) >= 11 is 0. The van der Waals surface area contributed by atoms with Gasteiger partial charge in [-0.2, -0.15) is 0 Å². The van der Waals surface area contributed by atoms with Gasteiger partial charge in [0.25, 0.3) is 0 Å². The molecule has 2 aromatic rings. The second kappa shape index (κ2) is 4.84. The van der Waals surface area contributed by atoms with Crippen molar-refractivity contribution in [1.29, 1.82) is 0 Å². The number of benzene rings is 2. The Bertz CT molecular complexity index is 566. The molecule has 0 radical (unpaired) electrons. The van der Waals surface area contributed by atoms with Crippen LogP contribution in [0.1, 0.15) is 13.8 Å². The first kappa shape index (κ1) is 12.5. The van der Waals surface area contributed by atoms with E-state index in [0.29, 0.717) is 6.61 Å². The number of rotatable bonds is 2. The normalized spacial score (nSPS) is 17.7. The molecule has 0 spiro atoms. The molecule has 1 saturated heterocycles. The molecule has 3 heteroatoms. The quantitative estimate of drug-likeness (QED) is 0.765. The molecule has 0 aliphatic carbocycles. The average molecular weight is 252 g/mol. The Balaban J connectivity index is 1.89. The highest BCUT2D eigenvalue weighted by Gasteiger charge is 2.38. The monoisotopic (exact) mass is 252 g/mol. The molecular weight excluding hydrogens is 235 g/mol. The third-order valence-electron chi connectivity index (χ3n) is 3.27. The van der Waals surface area contributed by atoms with Gasteiger partial charge in [0, 0.05) is 0 Å². The highest BCUT2D eigenvalue weighted by Crippen LogP contribution is 2.22. The molecule has 0 amide bonds. The fourth-order valence-electron chi connectivity index (χ4n) is 2.29. The predicted octanol–water partition coefficient (Wildman–Crippen LogP) is 2.87. The molecule has 0 bridgehead atoms. The van der Waals surface area contributed by atoms with Crippen LogP contribution in [-0.4, -0.2) is 19.3 Å². The van der Waals surface area contributed by atoms with E-state index in [9.17, 15) is 0 Å². The second-order valence-electron chi connectivity index (χ2n) is 5.51. The molecule has 2 nitrogen and oxygen atoms in total. The van der Waals surface area contributed by atoms with E-state index < -0.39 is 0 Å². The van der Waals surface area contributed by atoms with E-state index in [-0.39, 0.29) is 12.7 Å². The lowest BCUT2D eigenvalue weighted by molar-refractivity contribution is 0.137. The molecule has 0 saturated carbocycles. The average Bonchev–Trinajstić information content (AvgIpc) is 2.80. The van der Waals surface area contributed by atoms with Crippen LogP contribution in [0.2, 0.25) is 0 Å². The van der Waals surface area contributed by atoms with Gasteiger partial charge >= 0.3 is 7.12 Å². The molecular formula is C16H17BO2. The molecule has 1 fully saturated rings. The molecule has 3 rings (SSSR count). The molecule has 2 aromatic carbocycles. The first-order chi connectivity index (χ1) is 9.14. The van der Waals surface area contributed by atoms with E-state index in [0.717, 1.165) is 5.46 Å². The van der Waals surface area contributed by atoms with Gasteiger partial charge in [-0.1, -0.05) is 54.6 Å². The maximum atomic E-state index is 5.90. The SMILES string of the molecule is CC1(C)COB(c2cccc(-c3ccccc3)c2)O1. The zero-order valence-electron chi connectivity index (χ0n) is 11.3. The first-order valence-electron chi connectivity index (χ1n) is 6.59. The van der Waals surface area contributed by atoms with Crippen LogP contribution in [0.3, 0.4) is 0 Å². The fourth-order valence-corrected chi connectivity index (χ4v) is 2.29. The maximum absolute atomic E-state index is 5.90. The van der Waals surface area contributed by atoms with Crippen molar-refractivity contribution in [3.63, 3.8) is 0 Å². The Kier molecular flexibility index (Phi) is 3.17. The van der Waals surface area contributed by atoms with E-state index in [1.54, 1.807) is 0 Å². The summed E-state index contributed by atoms with van der Waals surface area (Å²) in [6.07, 6.45) is 0. The summed E-state index contributed by atoms with van der Waals surface area (Å²) in [6, 6.07) is 18.7. The van der Waals surface area contributed by atoms with Crippen molar-refractivity contribution in [3.8, 4) is 11.1 Å². The van der Waals surface area contributed by atoms with Crippen molar-refractivity contribution in [3.05, 3.63) is 54.6 Å². The Labute approximate surface area is 114 Å². The Morgan fingerprint density at radius 2 is 1.68 bits per heavy atom. The van der Waals surface area contributed by atoms with Gasteiger partial charge in [-0.15, -0.1) is 0 Å². The minimum absolute atomic E-state index is 0.201. The summed E-state index contributed by atoms with van der Waals surface area (Å²) in [5.41, 5.74) is 3.27. The van der Waals surface area contributed by atoms with Crippen molar-refractivity contribution in [2.45, 2.75) is 19.4 Å². The molecule has 0 N–H and O–H groups in total.